The van der Waals surface area contributed by atoms with Gasteiger partial charge in [-0.2, -0.15) is 0 Å². The molecule has 0 amide bonds. The van der Waals surface area contributed by atoms with Crippen LogP contribution in [-0.2, 0) is 10.0 Å². The Bertz CT molecular complexity index is 587. The summed E-state index contributed by atoms with van der Waals surface area (Å²) in [7, 11) is -3.34. The third-order valence-electron chi connectivity index (χ3n) is 3.86. The molecule has 0 spiro atoms. The van der Waals surface area contributed by atoms with Gasteiger partial charge in [0, 0.05) is 18.2 Å². The molecular formula is C14H17NO2S. The Kier molecular flexibility index (Phi) is 2.70. The molecular weight excluding hydrogens is 246 g/mol. The highest BCUT2D eigenvalue weighted by atomic mass is 32.2. The zero-order valence-electron chi connectivity index (χ0n) is 10.5. The minimum Gasteiger partial charge on any atom is -0.270 e. The predicted octanol–water partition coefficient (Wildman–Crippen LogP) is 2.68. The molecule has 1 aromatic rings. The molecule has 1 aromatic carbocycles. The van der Waals surface area contributed by atoms with E-state index >= 15 is 0 Å². The van der Waals surface area contributed by atoms with E-state index in [1.807, 2.05) is 19.1 Å². The van der Waals surface area contributed by atoms with E-state index in [0.717, 1.165) is 30.5 Å². The van der Waals surface area contributed by atoms with Crippen molar-refractivity contribution in [2.75, 3.05) is 6.54 Å². The van der Waals surface area contributed by atoms with Gasteiger partial charge < -0.3 is 0 Å². The molecule has 0 aromatic heterocycles. The van der Waals surface area contributed by atoms with Gasteiger partial charge in [0.1, 0.15) is 0 Å². The molecule has 1 aliphatic heterocycles. The van der Waals surface area contributed by atoms with Crippen LogP contribution in [0.15, 0.2) is 40.9 Å². The molecule has 18 heavy (non-hydrogen) atoms. The summed E-state index contributed by atoms with van der Waals surface area (Å²) >= 11 is 0. The molecule has 4 heteroatoms. The minimum atomic E-state index is -3.34. The van der Waals surface area contributed by atoms with Crippen molar-refractivity contribution in [3.8, 4) is 0 Å². The second kappa shape index (κ2) is 4.12. The number of benzene rings is 1. The van der Waals surface area contributed by atoms with Gasteiger partial charge in [-0.05, 0) is 38.3 Å². The lowest BCUT2D eigenvalue weighted by Crippen LogP contribution is -2.26. The normalized spacial score (nSPS) is 23.1. The standard InChI is InChI=1S/C14H17NO2S/c1-11-5-7-13(8-6-11)18(16,17)15-10-9-12-3-2-4-14(12)15/h4-8,12H,2-3,9-10H2,1H3. The van der Waals surface area contributed by atoms with Crippen molar-refractivity contribution < 1.29 is 8.42 Å². The molecule has 0 saturated carbocycles. The lowest BCUT2D eigenvalue weighted by atomic mass is 10.1. The molecule has 3 nitrogen and oxygen atoms in total. The first-order chi connectivity index (χ1) is 8.59. The highest BCUT2D eigenvalue weighted by Crippen LogP contribution is 2.40. The van der Waals surface area contributed by atoms with Gasteiger partial charge in [0.25, 0.3) is 10.0 Å². The Morgan fingerprint density at radius 1 is 1.17 bits per heavy atom. The smallest absolute Gasteiger partial charge is 0.264 e. The number of hydrogen-bond donors (Lipinski definition) is 0. The van der Waals surface area contributed by atoms with Gasteiger partial charge in [-0.25, -0.2) is 8.42 Å². The number of hydrogen-bond acceptors (Lipinski definition) is 2. The number of fused-ring (bicyclic) bond motifs is 1. The van der Waals surface area contributed by atoms with E-state index in [1.165, 1.54) is 0 Å². The fourth-order valence-electron chi connectivity index (χ4n) is 2.84. The molecule has 0 bridgehead atoms. The quantitative estimate of drug-likeness (QED) is 0.822. The van der Waals surface area contributed by atoms with E-state index in [2.05, 4.69) is 6.08 Å². The van der Waals surface area contributed by atoms with Crippen LogP contribution in [0.25, 0.3) is 0 Å². The SMILES string of the molecule is Cc1ccc(S(=O)(=O)N2CCC3CCC=C32)cc1. The molecule has 2 aliphatic rings. The van der Waals surface area contributed by atoms with Crippen LogP contribution in [0, 0.1) is 12.8 Å². The van der Waals surface area contributed by atoms with Gasteiger partial charge in [-0.15, -0.1) is 0 Å². The lowest BCUT2D eigenvalue weighted by Gasteiger charge is -2.20. The third kappa shape index (κ3) is 1.75. The van der Waals surface area contributed by atoms with Gasteiger partial charge >= 0.3 is 0 Å². The molecule has 96 valence electrons. The van der Waals surface area contributed by atoms with Crippen molar-refractivity contribution >= 4 is 10.0 Å². The first kappa shape index (κ1) is 11.8. The summed E-state index contributed by atoms with van der Waals surface area (Å²) in [6.45, 7) is 2.59. The van der Waals surface area contributed by atoms with Gasteiger partial charge in [-0.3, -0.25) is 4.31 Å². The number of rotatable bonds is 2. The van der Waals surface area contributed by atoms with Crippen molar-refractivity contribution in [3.05, 3.63) is 41.6 Å². The van der Waals surface area contributed by atoms with E-state index in [9.17, 15) is 8.42 Å². The van der Waals surface area contributed by atoms with Gasteiger partial charge in [0.15, 0.2) is 0 Å². The average Bonchev–Trinajstić information content (AvgIpc) is 2.90. The van der Waals surface area contributed by atoms with Crippen LogP contribution in [-0.4, -0.2) is 19.3 Å². The zero-order chi connectivity index (χ0) is 12.8. The van der Waals surface area contributed by atoms with Crippen LogP contribution < -0.4 is 0 Å². The maximum absolute atomic E-state index is 12.6. The monoisotopic (exact) mass is 263 g/mol. The van der Waals surface area contributed by atoms with Gasteiger partial charge in [-0.1, -0.05) is 23.8 Å². The molecule has 0 radical (unpaired) electrons. The Morgan fingerprint density at radius 3 is 2.61 bits per heavy atom. The predicted molar refractivity (Wildman–Crippen MR) is 70.5 cm³/mol. The maximum Gasteiger partial charge on any atom is 0.264 e. The second-order valence-corrected chi connectivity index (χ2v) is 6.94. The summed E-state index contributed by atoms with van der Waals surface area (Å²) in [6.07, 6.45) is 5.18. The summed E-state index contributed by atoms with van der Waals surface area (Å²) < 4.78 is 26.8. The van der Waals surface area contributed by atoms with Crippen LogP contribution in [0.3, 0.4) is 0 Å². The topological polar surface area (TPSA) is 37.4 Å². The average molecular weight is 263 g/mol. The molecule has 0 N–H and O–H groups in total. The van der Waals surface area contributed by atoms with Gasteiger partial charge in [0.05, 0.1) is 4.90 Å². The maximum atomic E-state index is 12.6. The zero-order valence-corrected chi connectivity index (χ0v) is 11.3. The Balaban J connectivity index is 1.98. The molecule has 1 heterocycles. The van der Waals surface area contributed by atoms with Crippen molar-refractivity contribution in [1.29, 1.82) is 0 Å². The van der Waals surface area contributed by atoms with Crippen LogP contribution in [0.5, 0.6) is 0 Å². The van der Waals surface area contributed by atoms with E-state index in [-0.39, 0.29) is 0 Å². The van der Waals surface area contributed by atoms with Crippen LogP contribution >= 0.6 is 0 Å². The number of allylic oxidation sites excluding steroid dienone is 2. The molecule has 3 rings (SSSR count). The van der Waals surface area contributed by atoms with E-state index < -0.39 is 10.0 Å². The fourth-order valence-corrected chi connectivity index (χ4v) is 4.42. The summed E-state index contributed by atoms with van der Waals surface area (Å²) in [6, 6.07) is 7.11. The first-order valence-electron chi connectivity index (χ1n) is 6.38. The molecule has 1 unspecified atom stereocenters. The minimum absolute atomic E-state index is 0.404. The Labute approximate surface area is 108 Å². The lowest BCUT2D eigenvalue weighted by molar-refractivity contribution is 0.510. The first-order valence-corrected chi connectivity index (χ1v) is 7.82. The van der Waals surface area contributed by atoms with Crippen molar-refractivity contribution in [1.82, 2.24) is 4.31 Å². The van der Waals surface area contributed by atoms with Crippen LogP contribution in [0.1, 0.15) is 24.8 Å². The Morgan fingerprint density at radius 2 is 1.89 bits per heavy atom. The second-order valence-electron chi connectivity index (χ2n) is 5.08. The van der Waals surface area contributed by atoms with E-state index in [1.54, 1.807) is 16.4 Å². The summed E-state index contributed by atoms with van der Waals surface area (Å²) in [5, 5.41) is 0. The highest BCUT2D eigenvalue weighted by molar-refractivity contribution is 7.89. The number of sulfonamides is 1. The summed E-state index contributed by atoms with van der Waals surface area (Å²) in [5.41, 5.74) is 2.10. The van der Waals surface area contributed by atoms with Crippen LogP contribution in [0.2, 0.25) is 0 Å². The molecule has 1 atom stereocenters. The number of nitrogens with zero attached hydrogens (tertiary/aromatic N) is 1. The van der Waals surface area contributed by atoms with Crippen LogP contribution in [0.4, 0.5) is 0 Å². The fraction of sp³-hybridized carbons (Fsp3) is 0.429. The van der Waals surface area contributed by atoms with Crippen molar-refractivity contribution in [3.63, 3.8) is 0 Å². The van der Waals surface area contributed by atoms with Crippen molar-refractivity contribution in [2.45, 2.75) is 31.1 Å². The largest absolute Gasteiger partial charge is 0.270 e. The van der Waals surface area contributed by atoms with Crippen molar-refractivity contribution in [2.24, 2.45) is 5.92 Å². The Hall–Kier alpha value is -1.29. The number of aryl methyl sites for hydroxylation is 1. The molecule has 1 saturated heterocycles. The van der Waals surface area contributed by atoms with Gasteiger partial charge in [0.2, 0.25) is 0 Å². The van der Waals surface area contributed by atoms with E-state index in [0.29, 0.717) is 17.4 Å². The summed E-state index contributed by atoms with van der Waals surface area (Å²) in [4.78, 5) is 0.404. The van der Waals surface area contributed by atoms with E-state index in [4.69, 9.17) is 0 Å². The molecule has 1 fully saturated rings. The third-order valence-corrected chi connectivity index (χ3v) is 5.71. The highest BCUT2D eigenvalue weighted by Gasteiger charge is 2.37. The molecule has 1 aliphatic carbocycles. The summed E-state index contributed by atoms with van der Waals surface area (Å²) in [5.74, 6) is 0.463.